The lowest BCUT2D eigenvalue weighted by Crippen LogP contribution is -2.40. The first kappa shape index (κ1) is 25.1. The molecule has 2 aromatic heterocycles. The number of aromatic nitrogens is 3. The molecular formula is C30H32N6O3. The number of amides is 2. The number of benzene rings is 2. The number of hydrogen-bond acceptors (Lipinski definition) is 5. The topological polar surface area (TPSA) is 103 Å². The summed E-state index contributed by atoms with van der Waals surface area (Å²) in [5, 5.41) is 6.05. The Bertz CT molecular complexity index is 1550. The summed E-state index contributed by atoms with van der Waals surface area (Å²) in [5.41, 5.74) is 5.39. The Labute approximate surface area is 226 Å². The van der Waals surface area contributed by atoms with Crippen molar-refractivity contribution >= 4 is 23.1 Å². The van der Waals surface area contributed by atoms with Crippen LogP contribution < -0.4 is 10.9 Å². The lowest BCUT2D eigenvalue weighted by molar-refractivity contribution is -0.133. The molecule has 0 radical (unpaired) electrons. The van der Waals surface area contributed by atoms with Gasteiger partial charge in [0.1, 0.15) is 0 Å². The molecule has 4 heterocycles. The quantitative estimate of drug-likeness (QED) is 0.385. The molecule has 2 N–H and O–H groups in total. The molecule has 2 amide bonds. The second-order valence-electron chi connectivity index (χ2n) is 10.4. The first-order valence-corrected chi connectivity index (χ1v) is 13.6. The number of carbonyl (C=O) groups excluding carboxylic acids is 2. The van der Waals surface area contributed by atoms with E-state index in [0.29, 0.717) is 29.9 Å². The van der Waals surface area contributed by atoms with Crippen molar-refractivity contribution < 1.29 is 9.59 Å². The van der Waals surface area contributed by atoms with Crippen molar-refractivity contribution in [2.75, 3.05) is 25.0 Å². The molecular weight excluding hydrogens is 492 g/mol. The summed E-state index contributed by atoms with van der Waals surface area (Å²) in [7, 11) is 0. The molecule has 4 aromatic rings. The zero-order valence-corrected chi connectivity index (χ0v) is 21.9. The van der Waals surface area contributed by atoms with Gasteiger partial charge in [-0.05, 0) is 55.6 Å². The third kappa shape index (κ3) is 5.49. The van der Waals surface area contributed by atoms with E-state index in [1.165, 1.54) is 22.9 Å². The van der Waals surface area contributed by atoms with Gasteiger partial charge >= 0.3 is 0 Å². The fourth-order valence-electron chi connectivity index (χ4n) is 5.47. The molecule has 0 bridgehead atoms. The summed E-state index contributed by atoms with van der Waals surface area (Å²) in [6, 6.07) is 19.5. The van der Waals surface area contributed by atoms with Crippen LogP contribution >= 0.6 is 0 Å². The molecule has 0 aliphatic carbocycles. The van der Waals surface area contributed by atoms with Crippen LogP contribution in [0.4, 0.5) is 5.69 Å². The van der Waals surface area contributed by atoms with E-state index in [-0.39, 0.29) is 36.8 Å². The van der Waals surface area contributed by atoms with E-state index in [1.807, 2.05) is 60.7 Å². The van der Waals surface area contributed by atoms with Gasteiger partial charge in [0.15, 0.2) is 5.65 Å². The highest BCUT2D eigenvalue weighted by Crippen LogP contribution is 2.21. The van der Waals surface area contributed by atoms with E-state index in [1.54, 1.807) is 4.90 Å². The Morgan fingerprint density at radius 3 is 2.49 bits per heavy atom. The number of aromatic amines is 1. The fourth-order valence-corrected chi connectivity index (χ4v) is 5.47. The minimum atomic E-state index is -0.188. The van der Waals surface area contributed by atoms with E-state index in [0.717, 1.165) is 36.6 Å². The second kappa shape index (κ2) is 10.9. The van der Waals surface area contributed by atoms with Gasteiger partial charge in [0, 0.05) is 43.2 Å². The molecule has 0 unspecified atom stereocenters. The average Bonchev–Trinajstić information content (AvgIpc) is 3.63. The van der Waals surface area contributed by atoms with Crippen LogP contribution in [0.5, 0.6) is 0 Å². The molecule has 2 aliphatic rings. The summed E-state index contributed by atoms with van der Waals surface area (Å²) in [6.45, 7) is 3.93. The Morgan fingerprint density at radius 1 is 0.949 bits per heavy atom. The number of rotatable bonds is 7. The third-order valence-electron chi connectivity index (χ3n) is 7.61. The van der Waals surface area contributed by atoms with Crippen LogP contribution in [0.25, 0.3) is 16.9 Å². The molecule has 0 saturated carbocycles. The van der Waals surface area contributed by atoms with Gasteiger partial charge in [0.25, 0.3) is 5.56 Å². The molecule has 9 heteroatoms. The first-order valence-electron chi connectivity index (χ1n) is 13.6. The largest absolute Gasteiger partial charge is 0.336 e. The zero-order chi connectivity index (χ0) is 26.8. The monoisotopic (exact) mass is 524 g/mol. The molecule has 200 valence electrons. The lowest BCUT2D eigenvalue weighted by atomic mass is 10.1. The maximum atomic E-state index is 13.1. The summed E-state index contributed by atoms with van der Waals surface area (Å²) in [5.74, 6) is -0.301. The maximum absolute atomic E-state index is 13.1. The van der Waals surface area contributed by atoms with E-state index in [9.17, 15) is 14.4 Å². The summed E-state index contributed by atoms with van der Waals surface area (Å²) in [4.78, 5) is 47.4. The predicted molar refractivity (Wildman–Crippen MR) is 149 cm³/mol. The molecule has 0 spiro atoms. The van der Waals surface area contributed by atoms with Crippen LogP contribution in [0.3, 0.4) is 0 Å². The Balaban J connectivity index is 1.05. The predicted octanol–water partition coefficient (Wildman–Crippen LogP) is 3.59. The van der Waals surface area contributed by atoms with Gasteiger partial charge < -0.3 is 10.2 Å². The van der Waals surface area contributed by atoms with E-state index in [2.05, 4.69) is 15.3 Å². The number of H-pyrrole nitrogens is 1. The van der Waals surface area contributed by atoms with Gasteiger partial charge in [-0.15, -0.1) is 0 Å². The number of carbonyl (C=O) groups is 2. The highest BCUT2D eigenvalue weighted by molar-refractivity contribution is 5.93. The highest BCUT2D eigenvalue weighted by atomic mass is 16.2. The molecule has 1 fully saturated rings. The van der Waals surface area contributed by atoms with Crippen molar-refractivity contribution in [3.63, 3.8) is 0 Å². The molecule has 6 rings (SSSR count). The first-order chi connectivity index (χ1) is 19.0. The van der Waals surface area contributed by atoms with E-state index >= 15 is 0 Å². The van der Waals surface area contributed by atoms with Crippen molar-refractivity contribution in [1.29, 1.82) is 0 Å². The van der Waals surface area contributed by atoms with Crippen LogP contribution in [0.15, 0.2) is 65.5 Å². The zero-order valence-electron chi connectivity index (χ0n) is 21.9. The second-order valence-corrected chi connectivity index (χ2v) is 10.4. The van der Waals surface area contributed by atoms with Gasteiger partial charge in [-0.25, -0.2) is 9.50 Å². The van der Waals surface area contributed by atoms with Crippen molar-refractivity contribution in [3.8, 4) is 11.3 Å². The van der Waals surface area contributed by atoms with Crippen LogP contribution in [0.2, 0.25) is 0 Å². The minimum absolute atomic E-state index is 0.102. The Morgan fingerprint density at radius 2 is 1.72 bits per heavy atom. The summed E-state index contributed by atoms with van der Waals surface area (Å²) < 4.78 is 1.47. The number of nitrogens with one attached hydrogen (secondary N) is 2. The van der Waals surface area contributed by atoms with Crippen molar-refractivity contribution in [3.05, 3.63) is 87.8 Å². The van der Waals surface area contributed by atoms with Gasteiger partial charge in [-0.3, -0.25) is 24.4 Å². The van der Waals surface area contributed by atoms with Gasteiger partial charge in [-0.1, -0.05) is 42.5 Å². The number of anilines is 1. The molecule has 0 atom stereocenters. The smallest absolute Gasteiger partial charge is 0.276 e. The number of likely N-dealkylation sites (tertiary alicyclic amines) is 1. The van der Waals surface area contributed by atoms with Crippen molar-refractivity contribution in [2.24, 2.45) is 0 Å². The SMILES string of the molecule is O=C(CCC(=O)N1CCc2c(nc3cc(-c4ccccc4)[nH]n3c2=O)C1)Nc1ccc(CN2CCCC2)cc1. The van der Waals surface area contributed by atoms with E-state index in [4.69, 9.17) is 4.98 Å². The van der Waals surface area contributed by atoms with Gasteiger partial charge in [0.2, 0.25) is 11.8 Å². The number of hydrogen-bond donors (Lipinski definition) is 2. The molecule has 39 heavy (non-hydrogen) atoms. The van der Waals surface area contributed by atoms with E-state index < -0.39 is 0 Å². The Hall–Kier alpha value is -4.24. The van der Waals surface area contributed by atoms with Crippen LogP contribution in [0, 0.1) is 0 Å². The van der Waals surface area contributed by atoms with Gasteiger partial charge in [-0.2, -0.15) is 0 Å². The molecule has 1 saturated heterocycles. The standard InChI is InChI=1S/C30H32N6O3/c37-28(31-23-10-8-21(9-11-23)19-34-15-4-5-16-34)12-13-29(38)35-17-14-24-26(20-35)32-27-18-25(33-36(27)30(24)39)22-6-2-1-3-7-22/h1-3,6-11,18,33H,4-5,12-17,19-20H2,(H,31,37). The van der Waals surface area contributed by atoms with Crippen LogP contribution in [-0.2, 0) is 29.1 Å². The average molecular weight is 525 g/mol. The van der Waals surface area contributed by atoms with Crippen LogP contribution in [0.1, 0.15) is 42.5 Å². The molecule has 9 nitrogen and oxygen atoms in total. The summed E-state index contributed by atoms with van der Waals surface area (Å²) in [6.07, 6.45) is 3.17. The fraction of sp³-hybridized carbons (Fsp3) is 0.333. The van der Waals surface area contributed by atoms with Crippen molar-refractivity contribution in [2.45, 2.75) is 45.2 Å². The Kier molecular flexibility index (Phi) is 6.98. The number of nitrogens with zero attached hydrogens (tertiary/aromatic N) is 4. The molecule has 2 aromatic carbocycles. The number of fused-ring (bicyclic) bond motifs is 2. The lowest BCUT2D eigenvalue weighted by Gasteiger charge is -2.27. The maximum Gasteiger partial charge on any atom is 0.276 e. The minimum Gasteiger partial charge on any atom is -0.336 e. The van der Waals surface area contributed by atoms with Crippen LogP contribution in [-0.4, -0.2) is 55.8 Å². The third-order valence-corrected chi connectivity index (χ3v) is 7.61. The normalized spacial score (nSPS) is 15.4. The van der Waals surface area contributed by atoms with Gasteiger partial charge in [0.05, 0.1) is 17.9 Å². The summed E-state index contributed by atoms with van der Waals surface area (Å²) >= 11 is 0. The highest BCUT2D eigenvalue weighted by Gasteiger charge is 2.25. The van der Waals surface area contributed by atoms with Crippen molar-refractivity contribution in [1.82, 2.24) is 24.4 Å². The molecule has 2 aliphatic heterocycles.